The third-order valence-electron chi connectivity index (χ3n) is 12.1. The Bertz CT molecular complexity index is 2050. The summed E-state index contributed by atoms with van der Waals surface area (Å²) in [4.78, 5) is 31.1. The minimum Gasteiger partial charge on any atom is -0.440 e. The number of halogens is 1. The number of rotatable bonds is 14. The maximum atomic E-state index is 15.4. The van der Waals surface area contributed by atoms with Gasteiger partial charge in [-0.25, -0.2) is 14.4 Å². The van der Waals surface area contributed by atoms with E-state index < -0.39 is 5.67 Å². The van der Waals surface area contributed by atoms with Gasteiger partial charge in [-0.3, -0.25) is 9.78 Å². The second kappa shape index (κ2) is 16.9. The zero-order valence-electron chi connectivity index (χ0n) is 34.8. The highest BCUT2D eigenvalue weighted by molar-refractivity contribution is 5.94. The number of allylic oxidation sites excluding steroid dienone is 2. The summed E-state index contributed by atoms with van der Waals surface area (Å²) in [6.45, 7) is 19.7. The Kier molecular flexibility index (Phi) is 12.4. The number of hydrogen-bond donors (Lipinski definition) is 2. The van der Waals surface area contributed by atoms with E-state index >= 15 is 4.39 Å². The van der Waals surface area contributed by atoms with Gasteiger partial charge in [0.1, 0.15) is 22.9 Å². The SMILES string of the molecule is C=C(/C=C\c1c(-c2nc(C(=O)N3CCC(C)(n4c(-c5ccccn5)nc(C5CC5C)c4NC)CC3)c(CCN)o2)ccc(C2CC2)c1C)C(C)(F)CCC.CC. The number of oxazole rings is 1. The maximum Gasteiger partial charge on any atom is 0.276 e. The number of amides is 1. The third-order valence-corrected chi connectivity index (χ3v) is 12.1. The first kappa shape index (κ1) is 41.1. The molecule has 4 heterocycles. The highest BCUT2D eigenvalue weighted by Crippen LogP contribution is 2.51. The van der Waals surface area contributed by atoms with Crippen molar-refractivity contribution >= 4 is 17.8 Å². The fourth-order valence-electron chi connectivity index (χ4n) is 8.30. The minimum absolute atomic E-state index is 0.156. The summed E-state index contributed by atoms with van der Waals surface area (Å²) >= 11 is 0. The predicted octanol–water partition coefficient (Wildman–Crippen LogP) is 10.2. The predicted molar refractivity (Wildman–Crippen MR) is 226 cm³/mol. The van der Waals surface area contributed by atoms with Gasteiger partial charge in [-0.2, -0.15) is 0 Å². The number of alkyl halides is 1. The molecule has 7 rings (SSSR count). The van der Waals surface area contributed by atoms with Gasteiger partial charge in [0.15, 0.2) is 11.5 Å². The number of nitrogens with one attached hydrogen (secondary N) is 1. The zero-order chi connectivity index (χ0) is 40.4. The lowest BCUT2D eigenvalue weighted by atomic mass is 9.88. The number of carbonyl (C=O) groups is 1. The van der Waals surface area contributed by atoms with Crippen molar-refractivity contribution in [2.75, 3.05) is 32.0 Å². The van der Waals surface area contributed by atoms with E-state index in [2.05, 4.69) is 43.3 Å². The van der Waals surface area contributed by atoms with Crippen LogP contribution in [0.15, 0.2) is 59.2 Å². The Labute approximate surface area is 333 Å². The van der Waals surface area contributed by atoms with Crippen molar-refractivity contribution in [3.63, 3.8) is 0 Å². The quantitative estimate of drug-likeness (QED) is 0.123. The van der Waals surface area contributed by atoms with Crippen molar-refractivity contribution in [3.05, 3.63) is 88.6 Å². The molecule has 1 saturated heterocycles. The van der Waals surface area contributed by atoms with Gasteiger partial charge in [0.05, 0.1) is 5.69 Å². The molecular formula is C46H62FN7O2. The Balaban J connectivity index is 0.00000262. The molecule has 3 fully saturated rings. The average molecular weight is 764 g/mol. The number of anilines is 1. The van der Waals surface area contributed by atoms with E-state index in [1.165, 1.54) is 5.56 Å². The molecule has 3 unspecified atom stereocenters. The van der Waals surface area contributed by atoms with E-state index in [9.17, 15) is 4.79 Å². The highest BCUT2D eigenvalue weighted by atomic mass is 19.1. The van der Waals surface area contributed by atoms with Crippen LogP contribution in [0.3, 0.4) is 0 Å². The van der Waals surface area contributed by atoms with Crippen molar-refractivity contribution in [1.29, 1.82) is 0 Å². The summed E-state index contributed by atoms with van der Waals surface area (Å²) in [6.07, 6.45) is 11.9. The molecule has 0 bridgehead atoms. The van der Waals surface area contributed by atoms with Gasteiger partial charge in [0.25, 0.3) is 5.91 Å². The van der Waals surface area contributed by atoms with Crippen LogP contribution in [-0.2, 0) is 12.0 Å². The molecule has 2 saturated carbocycles. The van der Waals surface area contributed by atoms with Gasteiger partial charge in [-0.15, -0.1) is 0 Å². The topological polar surface area (TPSA) is 115 Å². The first-order valence-corrected chi connectivity index (χ1v) is 20.8. The average Bonchev–Trinajstić information content (AvgIpc) is 4.10. The van der Waals surface area contributed by atoms with Crippen LogP contribution < -0.4 is 11.1 Å². The van der Waals surface area contributed by atoms with Crippen LogP contribution in [0.5, 0.6) is 0 Å². The van der Waals surface area contributed by atoms with Gasteiger partial charge in [0.2, 0.25) is 5.89 Å². The van der Waals surface area contributed by atoms with Crippen LogP contribution in [0, 0.1) is 12.8 Å². The van der Waals surface area contributed by atoms with E-state index in [1.807, 2.05) is 69.3 Å². The molecule has 56 heavy (non-hydrogen) atoms. The van der Waals surface area contributed by atoms with Gasteiger partial charge in [-0.05, 0) is 118 Å². The van der Waals surface area contributed by atoms with Crippen LogP contribution >= 0.6 is 0 Å². The zero-order valence-corrected chi connectivity index (χ0v) is 34.8. The van der Waals surface area contributed by atoms with E-state index in [0.29, 0.717) is 73.1 Å². The molecule has 10 heteroatoms. The van der Waals surface area contributed by atoms with Crippen LogP contribution in [0.25, 0.3) is 29.0 Å². The lowest BCUT2D eigenvalue weighted by Gasteiger charge is -2.41. The molecule has 0 spiro atoms. The smallest absolute Gasteiger partial charge is 0.276 e. The molecule has 1 aliphatic heterocycles. The molecule has 300 valence electrons. The number of nitrogens with zero attached hydrogens (tertiary/aromatic N) is 5. The van der Waals surface area contributed by atoms with Crippen molar-refractivity contribution in [1.82, 2.24) is 24.4 Å². The second-order valence-corrected chi connectivity index (χ2v) is 16.2. The number of benzene rings is 1. The third kappa shape index (κ3) is 8.13. The molecule has 3 aliphatic rings. The number of nitrogens with two attached hydrogens (primary N) is 1. The van der Waals surface area contributed by atoms with Crippen molar-refractivity contribution in [3.8, 4) is 23.0 Å². The Morgan fingerprint density at radius 2 is 1.89 bits per heavy atom. The number of likely N-dealkylation sites (tertiary alicyclic amines) is 1. The Hall–Kier alpha value is -4.57. The maximum absolute atomic E-state index is 15.4. The van der Waals surface area contributed by atoms with Crippen LogP contribution in [0.1, 0.15) is 137 Å². The molecule has 1 aromatic carbocycles. The molecular weight excluding hydrogens is 702 g/mol. The lowest BCUT2D eigenvalue weighted by Crippen LogP contribution is -2.47. The minimum atomic E-state index is -1.50. The van der Waals surface area contributed by atoms with Gasteiger partial charge in [-0.1, -0.05) is 65.0 Å². The van der Waals surface area contributed by atoms with Crippen LogP contribution in [0.2, 0.25) is 0 Å². The first-order valence-electron chi connectivity index (χ1n) is 20.8. The van der Waals surface area contributed by atoms with Crippen molar-refractivity contribution in [2.45, 2.75) is 123 Å². The van der Waals surface area contributed by atoms with Gasteiger partial charge in [0, 0.05) is 49.8 Å². The summed E-state index contributed by atoms with van der Waals surface area (Å²) in [5.41, 5.74) is 11.0. The van der Waals surface area contributed by atoms with Crippen LogP contribution in [-0.4, -0.2) is 62.7 Å². The summed E-state index contributed by atoms with van der Waals surface area (Å²) in [5, 5.41) is 3.50. The fraction of sp³-hybridized carbons (Fsp3) is 0.522. The molecule has 4 aromatic rings. The number of carbonyl (C=O) groups excluding carboxylic acids is 1. The number of piperidine rings is 1. The molecule has 3 aromatic heterocycles. The molecule has 1 amide bonds. The molecule has 0 radical (unpaired) electrons. The standard InChI is InChI=1S/C44H56FN7O2.C2H6/c1-8-19-44(6,45)28(3)12-15-32-29(4)31(30-13-14-30)16-17-33(32)41-50-38(36(54-41)18-22-46)42(53)51-24-20-43(5,21-25-51)52-39(35-11-9-10-23-48-35)49-37(40(52)47-7)34-26-27(34)2;1-2/h9-12,15-17,23,27,30,34,47H,3,8,13-14,18-22,24-26,46H2,1-2,4-7H3;1-2H3/b15-12-;. The van der Waals surface area contributed by atoms with E-state index in [-0.39, 0.29) is 11.4 Å². The molecule has 3 atom stereocenters. The summed E-state index contributed by atoms with van der Waals surface area (Å²) < 4.78 is 24.2. The monoisotopic (exact) mass is 763 g/mol. The molecule has 9 nitrogen and oxygen atoms in total. The van der Waals surface area contributed by atoms with E-state index in [4.69, 9.17) is 25.1 Å². The van der Waals surface area contributed by atoms with E-state index in [1.54, 1.807) is 13.0 Å². The van der Waals surface area contributed by atoms with Crippen molar-refractivity contribution < 1.29 is 13.6 Å². The molecule has 2 aliphatic carbocycles. The number of pyridine rings is 1. The largest absolute Gasteiger partial charge is 0.440 e. The lowest BCUT2D eigenvalue weighted by molar-refractivity contribution is 0.0616. The highest BCUT2D eigenvalue weighted by Gasteiger charge is 2.44. The Morgan fingerprint density at radius 1 is 1.18 bits per heavy atom. The second-order valence-electron chi connectivity index (χ2n) is 16.2. The first-order chi connectivity index (χ1) is 26.9. The number of hydrogen-bond acceptors (Lipinski definition) is 7. The Morgan fingerprint density at radius 3 is 2.48 bits per heavy atom. The molecule has 3 N–H and O–H groups in total. The summed E-state index contributed by atoms with van der Waals surface area (Å²) in [7, 11) is 1.97. The van der Waals surface area contributed by atoms with Crippen LogP contribution in [0.4, 0.5) is 10.2 Å². The van der Waals surface area contributed by atoms with Crippen molar-refractivity contribution in [2.24, 2.45) is 11.7 Å². The summed E-state index contributed by atoms with van der Waals surface area (Å²) in [6, 6.07) is 10.1. The number of imidazole rings is 1. The fourth-order valence-corrected chi connectivity index (χ4v) is 8.30. The number of aromatic nitrogens is 4. The van der Waals surface area contributed by atoms with Gasteiger partial charge >= 0.3 is 0 Å². The van der Waals surface area contributed by atoms with E-state index in [0.717, 1.165) is 78.2 Å². The summed E-state index contributed by atoms with van der Waals surface area (Å²) in [5.74, 6) is 4.15. The van der Waals surface area contributed by atoms with Gasteiger partial charge < -0.3 is 24.9 Å². The normalized spacial score (nSPS) is 20.0.